The predicted molar refractivity (Wildman–Crippen MR) is 51.7 cm³/mol. The average Bonchev–Trinajstić information content (AvgIpc) is 2.15. The van der Waals surface area contributed by atoms with Gasteiger partial charge in [0, 0.05) is 0 Å². The van der Waals surface area contributed by atoms with Gasteiger partial charge < -0.3 is 15.6 Å². The number of hydrogen-bond acceptors (Lipinski definition) is 3. The molecule has 0 bridgehead atoms. The van der Waals surface area contributed by atoms with Gasteiger partial charge in [-0.3, -0.25) is 0 Å². The summed E-state index contributed by atoms with van der Waals surface area (Å²) in [5.41, 5.74) is 6.48. The third kappa shape index (κ3) is 2.74. The summed E-state index contributed by atoms with van der Waals surface area (Å²) in [7, 11) is 0. The number of primary amides is 1. The van der Waals surface area contributed by atoms with Gasteiger partial charge in [0.15, 0.2) is 0 Å². The van der Waals surface area contributed by atoms with Crippen molar-refractivity contribution in [3.05, 3.63) is 35.4 Å². The minimum atomic E-state index is -0.877. The Bertz CT molecular complexity index is 325. The zero-order chi connectivity index (χ0) is 10.6. The molecular weight excluding hydrogens is 182 g/mol. The number of aryl methyl sites for hydroxylation is 1. The fourth-order valence-electron chi connectivity index (χ4n) is 1.21. The van der Waals surface area contributed by atoms with Crippen LogP contribution < -0.4 is 5.73 Å². The fraction of sp³-hybridized carbons (Fsp3) is 0.300. The van der Waals surface area contributed by atoms with Crippen LogP contribution in [0.4, 0.5) is 4.79 Å². The molecule has 4 heteroatoms. The maximum atomic E-state index is 10.3. The number of ether oxygens (including phenoxy) is 1. The second-order valence-corrected chi connectivity index (χ2v) is 3.00. The number of aliphatic hydroxyl groups is 1. The van der Waals surface area contributed by atoms with Gasteiger partial charge in [-0.25, -0.2) is 4.79 Å². The summed E-state index contributed by atoms with van der Waals surface area (Å²) in [6.45, 7) is 1.77. The van der Waals surface area contributed by atoms with Crippen LogP contribution in [0.2, 0.25) is 0 Å². The molecule has 1 aromatic carbocycles. The number of carbonyl (C=O) groups excluding carboxylic acids is 1. The summed E-state index contributed by atoms with van der Waals surface area (Å²) in [6.07, 6.45) is -1.69. The Kier molecular flexibility index (Phi) is 3.48. The largest absolute Gasteiger partial charge is 0.447 e. The summed E-state index contributed by atoms with van der Waals surface area (Å²) in [5.74, 6) is 0. The molecule has 1 atom stereocenters. The second kappa shape index (κ2) is 4.62. The molecule has 3 N–H and O–H groups in total. The number of hydrogen-bond donors (Lipinski definition) is 2. The van der Waals surface area contributed by atoms with Crippen LogP contribution in [0, 0.1) is 6.92 Å². The maximum absolute atomic E-state index is 10.3. The minimum absolute atomic E-state index is 0.111. The third-order valence-corrected chi connectivity index (χ3v) is 1.93. The van der Waals surface area contributed by atoms with Gasteiger partial charge in [-0.1, -0.05) is 24.3 Å². The van der Waals surface area contributed by atoms with Crippen molar-refractivity contribution in [3.8, 4) is 0 Å². The van der Waals surface area contributed by atoms with E-state index in [1.54, 1.807) is 6.07 Å². The van der Waals surface area contributed by atoms with Gasteiger partial charge in [-0.15, -0.1) is 0 Å². The number of amides is 1. The van der Waals surface area contributed by atoms with E-state index in [2.05, 4.69) is 4.74 Å². The van der Waals surface area contributed by atoms with Crippen molar-refractivity contribution in [2.45, 2.75) is 13.0 Å². The van der Waals surface area contributed by atoms with Crippen molar-refractivity contribution in [2.24, 2.45) is 5.73 Å². The fourth-order valence-corrected chi connectivity index (χ4v) is 1.21. The smallest absolute Gasteiger partial charge is 0.404 e. The highest BCUT2D eigenvalue weighted by Gasteiger charge is 2.10. The number of aliphatic hydroxyl groups excluding tert-OH is 1. The van der Waals surface area contributed by atoms with E-state index in [4.69, 9.17) is 5.73 Å². The highest BCUT2D eigenvalue weighted by Crippen LogP contribution is 2.16. The van der Waals surface area contributed by atoms with E-state index in [1.807, 2.05) is 25.1 Å². The van der Waals surface area contributed by atoms with E-state index < -0.39 is 12.2 Å². The highest BCUT2D eigenvalue weighted by atomic mass is 16.6. The summed E-state index contributed by atoms with van der Waals surface area (Å²) >= 11 is 0. The van der Waals surface area contributed by atoms with Gasteiger partial charge in [0.1, 0.15) is 12.7 Å². The molecule has 0 aliphatic heterocycles. The van der Waals surface area contributed by atoms with Crippen LogP contribution in [0.15, 0.2) is 24.3 Å². The Morgan fingerprint density at radius 3 is 2.79 bits per heavy atom. The lowest BCUT2D eigenvalue weighted by Crippen LogP contribution is -2.18. The molecule has 0 unspecified atom stereocenters. The quantitative estimate of drug-likeness (QED) is 0.759. The van der Waals surface area contributed by atoms with Crippen LogP contribution >= 0.6 is 0 Å². The molecule has 0 aliphatic carbocycles. The van der Waals surface area contributed by atoms with Crippen molar-refractivity contribution >= 4 is 6.09 Å². The van der Waals surface area contributed by atoms with Gasteiger partial charge in [-0.05, 0) is 18.1 Å². The summed E-state index contributed by atoms with van der Waals surface area (Å²) in [6, 6.07) is 7.35. The third-order valence-electron chi connectivity index (χ3n) is 1.93. The van der Waals surface area contributed by atoms with Crippen molar-refractivity contribution in [3.63, 3.8) is 0 Å². The Balaban J connectivity index is 2.65. The van der Waals surface area contributed by atoms with Crippen LogP contribution in [0.1, 0.15) is 17.2 Å². The molecule has 1 amide bonds. The average molecular weight is 195 g/mol. The van der Waals surface area contributed by atoms with Gasteiger partial charge >= 0.3 is 6.09 Å². The molecule has 1 aromatic rings. The molecule has 0 radical (unpaired) electrons. The molecule has 4 nitrogen and oxygen atoms in total. The van der Waals surface area contributed by atoms with E-state index in [-0.39, 0.29) is 6.61 Å². The van der Waals surface area contributed by atoms with Gasteiger partial charge in [-0.2, -0.15) is 0 Å². The molecule has 1 rings (SSSR count). The molecule has 0 heterocycles. The Hall–Kier alpha value is -1.55. The first-order valence-electron chi connectivity index (χ1n) is 4.27. The lowest BCUT2D eigenvalue weighted by atomic mass is 10.0. The van der Waals surface area contributed by atoms with Gasteiger partial charge in [0.25, 0.3) is 0 Å². The van der Waals surface area contributed by atoms with E-state index >= 15 is 0 Å². The highest BCUT2D eigenvalue weighted by molar-refractivity contribution is 5.64. The molecule has 0 fully saturated rings. The summed E-state index contributed by atoms with van der Waals surface area (Å²) in [5, 5.41) is 9.62. The lowest BCUT2D eigenvalue weighted by molar-refractivity contribution is 0.0725. The van der Waals surface area contributed by atoms with E-state index in [9.17, 15) is 9.90 Å². The Morgan fingerprint density at radius 2 is 2.21 bits per heavy atom. The Morgan fingerprint density at radius 1 is 1.57 bits per heavy atom. The summed E-state index contributed by atoms with van der Waals surface area (Å²) in [4.78, 5) is 10.3. The first kappa shape index (κ1) is 10.5. The van der Waals surface area contributed by atoms with Crippen molar-refractivity contribution < 1.29 is 14.6 Å². The SMILES string of the molecule is Cc1ccccc1[C@H](O)COC(N)=O. The van der Waals surface area contributed by atoms with E-state index in [1.165, 1.54) is 0 Å². The van der Waals surface area contributed by atoms with Crippen LogP contribution in [-0.2, 0) is 4.74 Å². The number of benzene rings is 1. The maximum Gasteiger partial charge on any atom is 0.404 e. The van der Waals surface area contributed by atoms with Gasteiger partial charge in [0.2, 0.25) is 0 Å². The first-order chi connectivity index (χ1) is 6.61. The van der Waals surface area contributed by atoms with Crippen LogP contribution in [0.25, 0.3) is 0 Å². The molecule has 0 aromatic heterocycles. The molecule has 0 spiro atoms. The van der Waals surface area contributed by atoms with Crippen LogP contribution in [0.3, 0.4) is 0 Å². The predicted octanol–water partition coefficient (Wildman–Crippen LogP) is 1.12. The van der Waals surface area contributed by atoms with E-state index in [0.717, 1.165) is 11.1 Å². The Labute approximate surface area is 82.3 Å². The summed E-state index contributed by atoms with van der Waals surface area (Å²) < 4.78 is 4.50. The molecule has 0 saturated heterocycles. The normalized spacial score (nSPS) is 12.1. The van der Waals surface area contributed by atoms with Crippen LogP contribution in [0.5, 0.6) is 0 Å². The number of rotatable bonds is 3. The molecule has 76 valence electrons. The van der Waals surface area contributed by atoms with Crippen molar-refractivity contribution in [1.82, 2.24) is 0 Å². The molecular formula is C10H13NO3. The second-order valence-electron chi connectivity index (χ2n) is 3.00. The minimum Gasteiger partial charge on any atom is -0.447 e. The van der Waals surface area contributed by atoms with E-state index in [0.29, 0.717) is 0 Å². The zero-order valence-corrected chi connectivity index (χ0v) is 7.93. The topological polar surface area (TPSA) is 72.6 Å². The van der Waals surface area contributed by atoms with Gasteiger partial charge in [0.05, 0.1) is 0 Å². The van der Waals surface area contributed by atoms with Crippen LogP contribution in [-0.4, -0.2) is 17.8 Å². The monoisotopic (exact) mass is 195 g/mol. The number of nitrogens with two attached hydrogens (primary N) is 1. The zero-order valence-electron chi connectivity index (χ0n) is 7.93. The standard InChI is InChI=1S/C10H13NO3/c1-7-4-2-3-5-8(7)9(12)6-14-10(11)13/h2-5,9,12H,6H2,1H3,(H2,11,13)/t9-/m1/s1. The molecule has 0 saturated carbocycles. The lowest BCUT2D eigenvalue weighted by Gasteiger charge is -2.12. The first-order valence-corrected chi connectivity index (χ1v) is 4.27. The molecule has 0 aliphatic rings. The molecule has 14 heavy (non-hydrogen) atoms. The van der Waals surface area contributed by atoms with Crippen molar-refractivity contribution in [2.75, 3.05) is 6.61 Å². The van der Waals surface area contributed by atoms with Crippen molar-refractivity contribution in [1.29, 1.82) is 0 Å². The number of carbonyl (C=O) groups is 1.